The molecule has 0 spiro atoms. The van der Waals surface area contributed by atoms with Crippen molar-refractivity contribution in [2.24, 2.45) is 0 Å². The smallest absolute Gasteiger partial charge is 0.166 e. The lowest BCUT2D eigenvalue weighted by molar-refractivity contribution is 0.199. The number of nitrogens with zero attached hydrogens (tertiary/aromatic N) is 2. The molecule has 0 unspecified atom stereocenters. The fraction of sp³-hybridized carbons (Fsp3) is 0.211. The highest BCUT2D eigenvalue weighted by Gasteiger charge is 2.22. The minimum atomic E-state index is -0.909. The van der Waals surface area contributed by atoms with E-state index in [4.69, 9.17) is 9.47 Å². The zero-order valence-corrected chi connectivity index (χ0v) is 13.7. The van der Waals surface area contributed by atoms with E-state index in [1.165, 1.54) is 0 Å². The first kappa shape index (κ1) is 16.1. The molecule has 3 aromatic rings. The summed E-state index contributed by atoms with van der Waals surface area (Å²) in [4.78, 5) is 4.34. The van der Waals surface area contributed by atoms with Gasteiger partial charge < -0.3 is 19.1 Å². The summed E-state index contributed by atoms with van der Waals surface area (Å²) in [6.45, 7) is 0.638. The molecule has 24 heavy (non-hydrogen) atoms. The van der Waals surface area contributed by atoms with Crippen molar-refractivity contribution in [2.45, 2.75) is 12.6 Å². The van der Waals surface area contributed by atoms with E-state index in [0.29, 0.717) is 29.4 Å². The summed E-state index contributed by atoms with van der Waals surface area (Å²) in [6, 6.07) is 15.5. The number of hydrogen-bond acceptors (Lipinski definition) is 4. The number of aromatic nitrogens is 2. The van der Waals surface area contributed by atoms with E-state index in [1.54, 1.807) is 26.5 Å². The third-order valence-electron chi connectivity index (χ3n) is 3.92. The van der Waals surface area contributed by atoms with E-state index in [0.717, 1.165) is 5.56 Å². The van der Waals surface area contributed by atoms with E-state index in [-0.39, 0.29) is 0 Å². The van der Waals surface area contributed by atoms with Gasteiger partial charge in [0.15, 0.2) is 11.5 Å². The second-order valence-electron chi connectivity index (χ2n) is 5.38. The lowest BCUT2D eigenvalue weighted by Gasteiger charge is -2.18. The van der Waals surface area contributed by atoms with Crippen LogP contribution in [0.3, 0.4) is 0 Å². The Kier molecular flexibility index (Phi) is 4.82. The van der Waals surface area contributed by atoms with Crippen LogP contribution in [0, 0.1) is 0 Å². The maximum Gasteiger partial charge on any atom is 0.166 e. The van der Waals surface area contributed by atoms with Crippen LogP contribution in [-0.4, -0.2) is 28.9 Å². The van der Waals surface area contributed by atoms with Crippen molar-refractivity contribution in [3.63, 3.8) is 0 Å². The first-order chi connectivity index (χ1) is 11.7. The summed E-state index contributed by atoms with van der Waals surface area (Å²) in [7, 11) is 3.13. The average molecular weight is 324 g/mol. The predicted octanol–water partition coefficient (Wildman–Crippen LogP) is 3.03. The Balaban J connectivity index is 1.95. The molecular formula is C19H20N2O3. The summed E-state index contributed by atoms with van der Waals surface area (Å²) < 4.78 is 12.7. The van der Waals surface area contributed by atoms with Crippen LogP contribution in [0.25, 0.3) is 0 Å². The molecule has 0 bridgehead atoms. The Morgan fingerprint density at radius 1 is 1.04 bits per heavy atom. The van der Waals surface area contributed by atoms with Crippen molar-refractivity contribution in [2.75, 3.05) is 14.2 Å². The molecule has 0 aliphatic heterocycles. The Hall–Kier alpha value is -2.79. The van der Waals surface area contributed by atoms with Gasteiger partial charge in [-0.1, -0.05) is 42.5 Å². The minimum Gasteiger partial charge on any atom is -0.493 e. The quantitative estimate of drug-likeness (QED) is 0.757. The van der Waals surface area contributed by atoms with E-state index in [2.05, 4.69) is 4.98 Å². The molecule has 0 aliphatic rings. The average Bonchev–Trinajstić information content (AvgIpc) is 3.09. The van der Waals surface area contributed by atoms with Crippen LogP contribution < -0.4 is 9.47 Å². The lowest BCUT2D eigenvalue weighted by Crippen LogP contribution is -2.12. The minimum absolute atomic E-state index is 0.516. The Morgan fingerprint density at radius 2 is 1.83 bits per heavy atom. The zero-order valence-electron chi connectivity index (χ0n) is 13.7. The van der Waals surface area contributed by atoms with Crippen molar-refractivity contribution < 1.29 is 14.6 Å². The first-order valence-corrected chi connectivity index (χ1v) is 7.68. The van der Waals surface area contributed by atoms with Gasteiger partial charge in [-0.2, -0.15) is 0 Å². The molecular weight excluding hydrogens is 304 g/mol. The summed E-state index contributed by atoms with van der Waals surface area (Å²) in [5, 5.41) is 10.9. The standard InChI is InChI=1S/C19H20N2O3/c1-23-16-10-6-9-15(18(16)24-2)17(22)19-20-11-12-21(19)13-14-7-4-3-5-8-14/h3-12,17,22H,13H2,1-2H3/t17-/m1/s1. The van der Waals surface area contributed by atoms with Gasteiger partial charge in [-0.3, -0.25) is 0 Å². The van der Waals surface area contributed by atoms with Gasteiger partial charge in [-0.25, -0.2) is 4.98 Å². The SMILES string of the molecule is COc1cccc([C@@H](O)c2nccn2Cc2ccccc2)c1OC. The van der Waals surface area contributed by atoms with Crippen LogP contribution in [0.5, 0.6) is 11.5 Å². The molecule has 3 rings (SSSR count). The molecule has 5 heteroatoms. The van der Waals surface area contributed by atoms with Gasteiger partial charge in [-0.15, -0.1) is 0 Å². The van der Waals surface area contributed by atoms with Gasteiger partial charge in [0, 0.05) is 24.5 Å². The van der Waals surface area contributed by atoms with Crippen LogP contribution >= 0.6 is 0 Å². The molecule has 5 nitrogen and oxygen atoms in total. The van der Waals surface area contributed by atoms with Crippen LogP contribution in [0.2, 0.25) is 0 Å². The number of ether oxygens (including phenoxy) is 2. The van der Waals surface area contributed by atoms with Gasteiger partial charge >= 0.3 is 0 Å². The molecule has 1 N–H and O–H groups in total. The maximum atomic E-state index is 10.9. The lowest BCUT2D eigenvalue weighted by atomic mass is 10.1. The van der Waals surface area contributed by atoms with Gasteiger partial charge in [0.05, 0.1) is 14.2 Å². The highest BCUT2D eigenvalue weighted by atomic mass is 16.5. The summed E-state index contributed by atoms with van der Waals surface area (Å²) in [5.41, 5.74) is 1.76. The highest BCUT2D eigenvalue weighted by Crippen LogP contribution is 2.36. The fourth-order valence-corrected chi connectivity index (χ4v) is 2.75. The van der Waals surface area contributed by atoms with Crippen LogP contribution in [0.15, 0.2) is 60.9 Å². The normalized spacial score (nSPS) is 12.0. The van der Waals surface area contributed by atoms with Gasteiger partial charge in [0.1, 0.15) is 11.9 Å². The second-order valence-corrected chi connectivity index (χ2v) is 5.38. The third-order valence-corrected chi connectivity index (χ3v) is 3.92. The maximum absolute atomic E-state index is 10.9. The molecule has 124 valence electrons. The second kappa shape index (κ2) is 7.19. The first-order valence-electron chi connectivity index (χ1n) is 7.68. The van der Waals surface area contributed by atoms with E-state index in [1.807, 2.05) is 53.2 Å². The van der Waals surface area contributed by atoms with Crippen LogP contribution in [0.1, 0.15) is 23.1 Å². The molecule has 1 aromatic heterocycles. The number of para-hydroxylation sites is 1. The Bertz CT molecular complexity index is 799. The molecule has 2 aromatic carbocycles. The van der Waals surface area contributed by atoms with Crippen molar-refractivity contribution >= 4 is 0 Å². The van der Waals surface area contributed by atoms with Crippen molar-refractivity contribution in [3.05, 3.63) is 77.9 Å². The molecule has 0 radical (unpaired) electrons. The number of aliphatic hydroxyl groups is 1. The number of hydrogen-bond donors (Lipinski definition) is 1. The largest absolute Gasteiger partial charge is 0.493 e. The van der Waals surface area contributed by atoms with Gasteiger partial charge in [0.2, 0.25) is 0 Å². The third kappa shape index (κ3) is 3.12. The molecule has 0 fully saturated rings. The van der Waals surface area contributed by atoms with Crippen molar-refractivity contribution in [1.29, 1.82) is 0 Å². The van der Waals surface area contributed by atoms with E-state index >= 15 is 0 Å². The molecule has 1 heterocycles. The van der Waals surface area contributed by atoms with E-state index in [9.17, 15) is 5.11 Å². The fourth-order valence-electron chi connectivity index (χ4n) is 2.75. The van der Waals surface area contributed by atoms with Gasteiger partial charge in [-0.05, 0) is 11.6 Å². The Morgan fingerprint density at radius 3 is 2.54 bits per heavy atom. The molecule has 0 aliphatic carbocycles. The van der Waals surface area contributed by atoms with Crippen LogP contribution in [-0.2, 0) is 6.54 Å². The monoisotopic (exact) mass is 324 g/mol. The summed E-state index contributed by atoms with van der Waals surface area (Å²) in [6.07, 6.45) is 2.64. The van der Waals surface area contributed by atoms with E-state index < -0.39 is 6.10 Å². The number of rotatable bonds is 6. The van der Waals surface area contributed by atoms with Crippen molar-refractivity contribution in [1.82, 2.24) is 9.55 Å². The summed E-state index contributed by atoms with van der Waals surface area (Å²) >= 11 is 0. The molecule has 0 amide bonds. The number of imidazole rings is 1. The van der Waals surface area contributed by atoms with Gasteiger partial charge in [0.25, 0.3) is 0 Å². The highest BCUT2D eigenvalue weighted by molar-refractivity contribution is 5.49. The number of aliphatic hydroxyl groups excluding tert-OH is 1. The van der Waals surface area contributed by atoms with Crippen molar-refractivity contribution in [3.8, 4) is 11.5 Å². The number of benzene rings is 2. The summed E-state index contributed by atoms with van der Waals surface area (Å²) in [5.74, 6) is 1.65. The Labute approximate surface area is 141 Å². The number of methoxy groups -OCH3 is 2. The molecule has 0 saturated carbocycles. The zero-order chi connectivity index (χ0) is 16.9. The molecule has 1 atom stereocenters. The topological polar surface area (TPSA) is 56.5 Å². The predicted molar refractivity (Wildman–Crippen MR) is 91.4 cm³/mol. The van der Waals surface area contributed by atoms with Crippen LogP contribution in [0.4, 0.5) is 0 Å². The molecule has 0 saturated heterocycles.